The van der Waals surface area contributed by atoms with Crippen LogP contribution in [0.1, 0.15) is 39.3 Å². The quantitative estimate of drug-likeness (QED) is 0.945. The van der Waals surface area contributed by atoms with Gasteiger partial charge in [0.2, 0.25) is 0 Å². The summed E-state index contributed by atoms with van der Waals surface area (Å²) in [5.41, 5.74) is 2.94. The predicted octanol–water partition coefficient (Wildman–Crippen LogP) is 2.18. The van der Waals surface area contributed by atoms with Crippen molar-refractivity contribution in [2.75, 3.05) is 11.4 Å². The number of carbonyl (C=O) groups excluding carboxylic acids is 2. The molecule has 1 aromatic carbocycles. The molecule has 0 atom stereocenters. The smallest absolute Gasteiger partial charge is 0.270 e. The Labute approximate surface area is 134 Å². The Morgan fingerprint density at radius 1 is 1.17 bits per heavy atom. The van der Waals surface area contributed by atoms with Gasteiger partial charge in [0.15, 0.2) is 0 Å². The molecule has 0 spiro atoms. The molecule has 2 heterocycles. The molecular formula is C18H17N3O2. The van der Waals surface area contributed by atoms with Crippen molar-refractivity contribution in [1.29, 1.82) is 0 Å². The normalized spacial score (nSPS) is 16.1. The predicted molar refractivity (Wildman–Crippen MR) is 86.5 cm³/mol. The Balaban J connectivity index is 1.58. The van der Waals surface area contributed by atoms with E-state index < -0.39 is 0 Å². The number of rotatable bonds is 3. The lowest BCUT2D eigenvalue weighted by Crippen LogP contribution is -2.30. The number of nitrogens with one attached hydrogen (secondary N) is 1. The summed E-state index contributed by atoms with van der Waals surface area (Å²) in [6.07, 6.45) is 4.43. The van der Waals surface area contributed by atoms with E-state index in [0.717, 1.165) is 24.9 Å². The van der Waals surface area contributed by atoms with Gasteiger partial charge in [-0.15, -0.1) is 0 Å². The molecule has 5 nitrogen and oxygen atoms in total. The van der Waals surface area contributed by atoms with Crippen LogP contribution in [0.5, 0.6) is 0 Å². The SMILES string of the molecule is O=C(NC1CC1)c1cc(C(=O)N2CCc3ccccc32)ccn1. The number of aromatic nitrogens is 1. The molecule has 116 valence electrons. The molecule has 1 saturated carbocycles. The van der Waals surface area contributed by atoms with Gasteiger partial charge in [0, 0.05) is 30.0 Å². The van der Waals surface area contributed by atoms with Crippen LogP contribution in [0, 0.1) is 0 Å². The van der Waals surface area contributed by atoms with Gasteiger partial charge in [-0.1, -0.05) is 18.2 Å². The van der Waals surface area contributed by atoms with E-state index in [1.54, 1.807) is 17.0 Å². The Kier molecular flexibility index (Phi) is 3.33. The first-order valence-electron chi connectivity index (χ1n) is 7.89. The number of nitrogens with zero attached hydrogens (tertiary/aromatic N) is 2. The van der Waals surface area contributed by atoms with Crippen LogP contribution in [0.15, 0.2) is 42.6 Å². The van der Waals surface area contributed by atoms with Crippen molar-refractivity contribution >= 4 is 17.5 Å². The molecule has 5 heteroatoms. The maximum absolute atomic E-state index is 12.8. The number of benzene rings is 1. The summed E-state index contributed by atoms with van der Waals surface area (Å²) >= 11 is 0. The van der Waals surface area contributed by atoms with E-state index in [9.17, 15) is 9.59 Å². The molecule has 0 bridgehead atoms. The van der Waals surface area contributed by atoms with Crippen molar-refractivity contribution in [1.82, 2.24) is 10.3 Å². The van der Waals surface area contributed by atoms with Crippen LogP contribution < -0.4 is 10.2 Å². The fourth-order valence-corrected chi connectivity index (χ4v) is 2.88. The molecule has 0 unspecified atom stereocenters. The summed E-state index contributed by atoms with van der Waals surface area (Å²) in [6.45, 7) is 0.671. The van der Waals surface area contributed by atoms with E-state index in [0.29, 0.717) is 17.8 Å². The third kappa shape index (κ3) is 2.70. The average molecular weight is 307 g/mol. The number of amides is 2. The van der Waals surface area contributed by atoms with Gasteiger partial charge < -0.3 is 10.2 Å². The molecule has 1 aliphatic heterocycles. The zero-order valence-electron chi connectivity index (χ0n) is 12.7. The first kappa shape index (κ1) is 13.9. The Morgan fingerprint density at radius 3 is 2.83 bits per heavy atom. The molecule has 2 amide bonds. The molecule has 4 rings (SSSR count). The van der Waals surface area contributed by atoms with E-state index in [1.165, 1.54) is 11.8 Å². The van der Waals surface area contributed by atoms with Crippen LogP contribution in [-0.4, -0.2) is 29.4 Å². The van der Waals surface area contributed by atoms with Gasteiger partial charge in [0.05, 0.1) is 0 Å². The zero-order valence-corrected chi connectivity index (χ0v) is 12.7. The largest absolute Gasteiger partial charge is 0.348 e. The Morgan fingerprint density at radius 2 is 2.00 bits per heavy atom. The molecule has 1 N–H and O–H groups in total. The van der Waals surface area contributed by atoms with Gasteiger partial charge in [-0.3, -0.25) is 14.6 Å². The third-order valence-electron chi connectivity index (χ3n) is 4.28. The summed E-state index contributed by atoms with van der Waals surface area (Å²) in [7, 11) is 0. The maximum Gasteiger partial charge on any atom is 0.270 e. The first-order chi connectivity index (χ1) is 11.2. The van der Waals surface area contributed by atoms with Crippen molar-refractivity contribution in [2.24, 2.45) is 0 Å². The van der Waals surface area contributed by atoms with E-state index in [1.807, 2.05) is 24.3 Å². The minimum atomic E-state index is -0.205. The standard InChI is InChI=1S/C18H17N3O2/c22-17(20-14-5-6-14)15-11-13(7-9-19-15)18(23)21-10-8-12-3-1-2-4-16(12)21/h1-4,7,9,11,14H,5-6,8,10H2,(H,20,22). The van der Waals surface area contributed by atoms with Crippen molar-refractivity contribution in [3.63, 3.8) is 0 Å². The second-order valence-electron chi connectivity index (χ2n) is 6.01. The highest BCUT2D eigenvalue weighted by atomic mass is 16.2. The number of anilines is 1. The van der Waals surface area contributed by atoms with Gasteiger partial charge >= 0.3 is 0 Å². The number of para-hydroxylation sites is 1. The molecule has 1 aliphatic carbocycles. The number of fused-ring (bicyclic) bond motifs is 1. The van der Waals surface area contributed by atoms with Gasteiger partial charge in [-0.2, -0.15) is 0 Å². The van der Waals surface area contributed by atoms with Crippen LogP contribution >= 0.6 is 0 Å². The molecule has 2 aliphatic rings. The molecule has 1 fully saturated rings. The monoisotopic (exact) mass is 307 g/mol. The summed E-state index contributed by atoms with van der Waals surface area (Å²) in [5.74, 6) is -0.290. The van der Waals surface area contributed by atoms with Crippen molar-refractivity contribution in [2.45, 2.75) is 25.3 Å². The fraction of sp³-hybridized carbons (Fsp3) is 0.278. The lowest BCUT2D eigenvalue weighted by molar-refractivity contribution is 0.0946. The van der Waals surface area contributed by atoms with Crippen molar-refractivity contribution in [3.05, 3.63) is 59.4 Å². The van der Waals surface area contributed by atoms with Gasteiger partial charge in [0.1, 0.15) is 5.69 Å². The van der Waals surface area contributed by atoms with Crippen LogP contribution in [0.3, 0.4) is 0 Å². The third-order valence-corrected chi connectivity index (χ3v) is 4.28. The van der Waals surface area contributed by atoms with E-state index in [2.05, 4.69) is 10.3 Å². The molecular weight excluding hydrogens is 290 g/mol. The zero-order chi connectivity index (χ0) is 15.8. The molecule has 2 aromatic rings. The van der Waals surface area contributed by atoms with Crippen molar-refractivity contribution < 1.29 is 9.59 Å². The highest BCUT2D eigenvalue weighted by molar-refractivity contribution is 6.08. The molecule has 0 saturated heterocycles. The summed E-state index contributed by atoms with van der Waals surface area (Å²) in [6, 6.07) is 11.4. The maximum atomic E-state index is 12.8. The van der Waals surface area contributed by atoms with Crippen molar-refractivity contribution in [3.8, 4) is 0 Å². The molecule has 1 aromatic heterocycles. The fourth-order valence-electron chi connectivity index (χ4n) is 2.88. The molecule has 0 radical (unpaired) electrons. The van der Waals surface area contributed by atoms with E-state index in [-0.39, 0.29) is 17.9 Å². The first-order valence-corrected chi connectivity index (χ1v) is 7.89. The lowest BCUT2D eigenvalue weighted by atomic mass is 10.1. The average Bonchev–Trinajstić information content (AvgIpc) is 3.30. The second kappa shape index (κ2) is 5.50. The second-order valence-corrected chi connectivity index (χ2v) is 6.01. The molecule has 23 heavy (non-hydrogen) atoms. The summed E-state index contributed by atoms with van der Waals surface area (Å²) in [5, 5.41) is 2.90. The Bertz CT molecular complexity index is 783. The van der Waals surface area contributed by atoms with Crippen LogP contribution in [-0.2, 0) is 6.42 Å². The minimum Gasteiger partial charge on any atom is -0.348 e. The topological polar surface area (TPSA) is 62.3 Å². The van der Waals surface area contributed by atoms with Gasteiger partial charge in [-0.05, 0) is 43.0 Å². The van der Waals surface area contributed by atoms with Crippen LogP contribution in [0.4, 0.5) is 5.69 Å². The number of hydrogen-bond acceptors (Lipinski definition) is 3. The van der Waals surface area contributed by atoms with Gasteiger partial charge in [-0.25, -0.2) is 0 Å². The number of pyridine rings is 1. The highest BCUT2D eigenvalue weighted by Gasteiger charge is 2.27. The minimum absolute atomic E-state index is 0.0854. The number of hydrogen-bond donors (Lipinski definition) is 1. The summed E-state index contributed by atoms with van der Waals surface area (Å²) in [4.78, 5) is 30.7. The van der Waals surface area contributed by atoms with Gasteiger partial charge in [0.25, 0.3) is 11.8 Å². The Hall–Kier alpha value is -2.69. The number of carbonyl (C=O) groups is 2. The van der Waals surface area contributed by atoms with E-state index >= 15 is 0 Å². The van der Waals surface area contributed by atoms with Crippen LogP contribution in [0.25, 0.3) is 0 Å². The summed E-state index contributed by atoms with van der Waals surface area (Å²) < 4.78 is 0. The lowest BCUT2D eigenvalue weighted by Gasteiger charge is -2.17. The van der Waals surface area contributed by atoms with Crippen LogP contribution in [0.2, 0.25) is 0 Å². The highest BCUT2D eigenvalue weighted by Crippen LogP contribution is 2.28. The van der Waals surface area contributed by atoms with E-state index in [4.69, 9.17) is 0 Å².